The molecule has 1 aliphatic heterocycles. The lowest BCUT2D eigenvalue weighted by Gasteiger charge is -2.42. The molecule has 4 atom stereocenters. The number of nitrogens with one attached hydrogen (secondary N) is 2. The number of ether oxygens (including phenoxy) is 3. The number of halogens is 1. The number of likely N-dealkylation sites (tertiary alicyclic amines) is 1. The molecule has 1 aliphatic carbocycles. The molecule has 2 aromatic heterocycles. The molecule has 1 saturated carbocycles. The number of aromatic nitrogens is 3. The molecular weight excluding hydrogens is 955 g/mol. The molecule has 1 unspecified atom stereocenters. The maximum atomic E-state index is 14.5. The van der Waals surface area contributed by atoms with E-state index in [0.717, 1.165) is 115 Å². The second-order valence-electron chi connectivity index (χ2n) is 18.9. The van der Waals surface area contributed by atoms with Gasteiger partial charge in [0.15, 0.2) is 11.5 Å². The molecule has 2 aliphatic rings. The van der Waals surface area contributed by atoms with Gasteiger partial charge in [-0.1, -0.05) is 98.0 Å². The number of benzene rings is 3. The zero-order chi connectivity index (χ0) is 48.9. The number of ketones is 1. The first-order chi connectivity index (χ1) is 33.4. The smallest absolute Gasteiger partial charge is 0.238 e. The number of methoxy groups -OCH3 is 1. The van der Waals surface area contributed by atoms with Crippen LogP contribution in [0.5, 0.6) is 17.2 Å². The first-order valence-electron chi connectivity index (χ1n) is 24.9. The quantitative estimate of drug-likeness (QED) is 0.0375. The maximum absolute atomic E-state index is 14.5. The summed E-state index contributed by atoms with van der Waals surface area (Å²) in [6, 6.07) is 19.3. The Hall–Kier alpha value is -5.12. The Kier molecular flexibility index (Phi) is 18.5. The van der Waals surface area contributed by atoms with E-state index >= 15 is 0 Å². The average molecular weight is 1030 g/mol. The molecule has 69 heavy (non-hydrogen) atoms. The largest absolute Gasteiger partial charge is 0.494 e. The van der Waals surface area contributed by atoms with E-state index in [2.05, 4.69) is 45.6 Å². The molecular formula is C54H70BrN7O6S. The summed E-state index contributed by atoms with van der Waals surface area (Å²) in [5.74, 6) is 2.21. The van der Waals surface area contributed by atoms with Gasteiger partial charge in [0.05, 0.1) is 43.8 Å². The van der Waals surface area contributed by atoms with Gasteiger partial charge in [0.1, 0.15) is 33.6 Å². The number of hydrogen-bond acceptors (Lipinski definition) is 12. The summed E-state index contributed by atoms with van der Waals surface area (Å²) < 4.78 is 19.1. The Morgan fingerprint density at radius 3 is 2.28 bits per heavy atom. The second-order valence-corrected chi connectivity index (χ2v) is 20.7. The summed E-state index contributed by atoms with van der Waals surface area (Å²) in [6.07, 6.45) is 15.3. The third kappa shape index (κ3) is 13.0. The van der Waals surface area contributed by atoms with Crippen molar-refractivity contribution in [2.75, 3.05) is 39.2 Å². The summed E-state index contributed by atoms with van der Waals surface area (Å²) in [4.78, 5) is 57.1. The standard InChI is InChI=1S/C54H70BrN7O6S/c1-35(38-22-17-24-40(55)30-38)58-50-42-32-46(66-5)47(33-43(42)59-36(2)60-50)68-29-16-11-9-7-6-8-10-15-28-67-41-25-18-23-39(31-41)49(63)44-34-69-51(61-44)45-26-19-27-62(45)52(64)48(37-20-13-12-14-21-37)54(3,57-4)53(56)65/h17-18,22-25,30-35,37,45,48,57H,6-16,19-21,26-29H2,1-5H3,(H2,56,65)(H,58,59,60)/t35-,45+,48-,54?/m1/s1. The molecule has 0 spiro atoms. The minimum atomic E-state index is -1.17. The molecule has 15 heteroatoms. The van der Waals surface area contributed by atoms with Crippen LogP contribution in [0.15, 0.2) is 70.5 Å². The van der Waals surface area contributed by atoms with Gasteiger partial charge in [-0.05, 0) is 108 Å². The van der Waals surface area contributed by atoms with Crippen molar-refractivity contribution in [1.82, 2.24) is 25.2 Å². The number of carbonyl (C=O) groups excluding carboxylic acids is 3. The number of hydrogen-bond donors (Lipinski definition) is 3. The van der Waals surface area contributed by atoms with E-state index in [0.29, 0.717) is 54.1 Å². The lowest BCUT2D eigenvalue weighted by molar-refractivity contribution is -0.147. The monoisotopic (exact) mass is 1020 g/mol. The van der Waals surface area contributed by atoms with Crippen LogP contribution in [0.3, 0.4) is 0 Å². The highest BCUT2D eigenvalue weighted by Crippen LogP contribution is 2.42. The van der Waals surface area contributed by atoms with Crippen LogP contribution in [0.2, 0.25) is 0 Å². The third-order valence-corrected chi connectivity index (χ3v) is 15.5. The van der Waals surface area contributed by atoms with E-state index in [4.69, 9.17) is 34.9 Å². The molecule has 2 fully saturated rings. The molecule has 1 saturated heterocycles. The van der Waals surface area contributed by atoms with E-state index in [9.17, 15) is 14.4 Å². The van der Waals surface area contributed by atoms with Crippen LogP contribution in [0.1, 0.15) is 155 Å². The first-order valence-corrected chi connectivity index (χ1v) is 26.6. The van der Waals surface area contributed by atoms with Gasteiger partial charge in [0.25, 0.3) is 0 Å². The highest BCUT2D eigenvalue weighted by Gasteiger charge is 2.50. The van der Waals surface area contributed by atoms with Crippen LogP contribution < -0.4 is 30.6 Å². The lowest BCUT2D eigenvalue weighted by Crippen LogP contribution is -2.63. The summed E-state index contributed by atoms with van der Waals surface area (Å²) in [5.41, 5.74) is 7.63. The van der Waals surface area contributed by atoms with Gasteiger partial charge < -0.3 is 35.5 Å². The average Bonchev–Trinajstić information content (AvgIpc) is 4.05. The Labute approximate surface area is 420 Å². The molecule has 7 rings (SSSR count). The maximum Gasteiger partial charge on any atom is 0.238 e. The van der Waals surface area contributed by atoms with Gasteiger partial charge in [-0.25, -0.2) is 15.0 Å². The number of unbranched alkanes of at least 4 members (excludes halogenated alkanes) is 7. The highest BCUT2D eigenvalue weighted by atomic mass is 79.9. The van der Waals surface area contributed by atoms with Crippen LogP contribution in [-0.4, -0.2) is 76.9 Å². The van der Waals surface area contributed by atoms with Crippen LogP contribution in [0.4, 0.5) is 5.82 Å². The van der Waals surface area contributed by atoms with Crippen molar-refractivity contribution in [3.63, 3.8) is 0 Å². The van der Waals surface area contributed by atoms with E-state index in [1.54, 1.807) is 38.6 Å². The molecule has 3 aromatic carbocycles. The van der Waals surface area contributed by atoms with E-state index < -0.39 is 17.4 Å². The predicted molar refractivity (Wildman–Crippen MR) is 277 cm³/mol. The number of anilines is 1. The summed E-state index contributed by atoms with van der Waals surface area (Å²) in [7, 11) is 3.37. The number of nitrogens with two attached hydrogens (primary N) is 1. The zero-order valence-electron chi connectivity index (χ0n) is 41.0. The molecule has 370 valence electrons. The fraction of sp³-hybridized carbons (Fsp3) is 0.519. The van der Waals surface area contributed by atoms with E-state index in [1.807, 2.05) is 48.2 Å². The van der Waals surface area contributed by atoms with Crippen molar-refractivity contribution >= 4 is 61.6 Å². The fourth-order valence-corrected chi connectivity index (χ4v) is 11.4. The summed E-state index contributed by atoms with van der Waals surface area (Å²) >= 11 is 4.99. The molecule has 0 bridgehead atoms. The fourth-order valence-electron chi connectivity index (χ4n) is 10.0. The zero-order valence-corrected chi connectivity index (χ0v) is 43.4. The van der Waals surface area contributed by atoms with Crippen LogP contribution >= 0.6 is 27.3 Å². The van der Waals surface area contributed by atoms with Crippen LogP contribution in [0.25, 0.3) is 10.9 Å². The van der Waals surface area contributed by atoms with E-state index in [1.165, 1.54) is 24.2 Å². The molecule has 0 radical (unpaired) electrons. The Bertz CT molecular complexity index is 2530. The molecule has 13 nitrogen and oxygen atoms in total. The van der Waals surface area contributed by atoms with Crippen molar-refractivity contribution in [1.29, 1.82) is 0 Å². The second kappa shape index (κ2) is 24.6. The van der Waals surface area contributed by atoms with Gasteiger partial charge in [0, 0.05) is 33.4 Å². The number of nitrogens with zero attached hydrogens (tertiary/aromatic N) is 4. The molecule has 3 heterocycles. The Balaban J connectivity index is 0.809. The van der Waals surface area contributed by atoms with Crippen molar-refractivity contribution in [3.8, 4) is 17.2 Å². The van der Waals surface area contributed by atoms with Crippen LogP contribution in [-0.2, 0) is 9.59 Å². The number of fused-ring (bicyclic) bond motifs is 1. The number of primary amides is 1. The summed E-state index contributed by atoms with van der Waals surface area (Å²) in [5, 5.41) is 10.1. The minimum absolute atomic E-state index is 0.0354. The third-order valence-electron chi connectivity index (χ3n) is 14.1. The minimum Gasteiger partial charge on any atom is -0.494 e. The molecule has 5 aromatic rings. The molecule has 4 N–H and O–H groups in total. The Morgan fingerprint density at radius 2 is 1.58 bits per heavy atom. The number of rotatable bonds is 25. The van der Waals surface area contributed by atoms with E-state index in [-0.39, 0.29) is 29.7 Å². The lowest BCUT2D eigenvalue weighted by atomic mass is 9.69. The number of thiazole rings is 1. The number of carbonyl (C=O) groups is 3. The molecule has 2 amide bonds. The number of aryl methyl sites for hydroxylation is 1. The number of likely N-dealkylation sites (N-methyl/N-ethyl adjacent to an activating group) is 1. The van der Waals surface area contributed by atoms with Gasteiger partial charge in [-0.3, -0.25) is 14.4 Å². The predicted octanol–water partition coefficient (Wildman–Crippen LogP) is 11.5. The van der Waals surface area contributed by atoms with Crippen molar-refractivity contribution in [3.05, 3.63) is 98.2 Å². The van der Waals surface area contributed by atoms with Crippen molar-refractivity contribution in [2.45, 2.75) is 135 Å². The topological polar surface area (TPSA) is 171 Å². The van der Waals surface area contributed by atoms with Gasteiger partial charge >= 0.3 is 0 Å². The SMILES string of the molecule is CNC(C)(C(N)=O)[C@@H](C(=O)N1CCC[C@H]1c1nc(C(=O)c2cccc(OCCCCCCCCCCOc3cc4nc(C)nc(N[C@H](C)c5cccc(Br)c5)c4cc3OC)c2)cs1)C1CCCCC1. The van der Waals surface area contributed by atoms with Crippen LogP contribution in [0, 0.1) is 18.8 Å². The van der Waals surface area contributed by atoms with Gasteiger partial charge in [-0.2, -0.15) is 0 Å². The van der Waals surface area contributed by atoms with Crippen molar-refractivity contribution in [2.24, 2.45) is 17.6 Å². The van der Waals surface area contributed by atoms with Gasteiger partial charge in [-0.15, -0.1) is 11.3 Å². The first kappa shape index (κ1) is 51.7. The highest BCUT2D eigenvalue weighted by molar-refractivity contribution is 9.10. The van der Waals surface area contributed by atoms with Crippen molar-refractivity contribution < 1.29 is 28.6 Å². The normalized spacial score (nSPS) is 17.0. The van der Waals surface area contributed by atoms with Gasteiger partial charge in [0.2, 0.25) is 17.6 Å². The summed E-state index contributed by atoms with van der Waals surface area (Å²) in [6.45, 7) is 7.55. The number of amides is 2. The Morgan fingerprint density at radius 1 is 0.870 bits per heavy atom.